The predicted octanol–water partition coefficient (Wildman–Crippen LogP) is 0.664. The summed E-state index contributed by atoms with van der Waals surface area (Å²) in [6.45, 7) is 6.26. The molecule has 0 rings (SSSR count). The molecule has 20 heavy (non-hydrogen) atoms. The highest BCUT2D eigenvalue weighted by atomic mass is 32.2. The second-order valence-electron chi connectivity index (χ2n) is 3.56. The second kappa shape index (κ2) is 14.2. The van der Waals surface area contributed by atoms with Crippen molar-refractivity contribution in [2.24, 2.45) is 5.92 Å². The molecule has 0 saturated carbocycles. The first-order chi connectivity index (χ1) is 9.45. The first kappa shape index (κ1) is 21.1. The summed E-state index contributed by atoms with van der Waals surface area (Å²) in [5.74, 6) is -1.26. The lowest BCUT2D eigenvalue weighted by Crippen LogP contribution is -2.37. The number of carboxylic acids is 1. The van der Waals surface area contributed by atoms with Crippen LogP contribution in [0.2, 0.25) is 0 Å². The minimum atomic E-state index is -1.75. The maximum absolute atomic E-state index is 11.2. The van der Waals surface area contributed by atoms with Crippen molar-refractivity contribution in [3.8, 4) is 0 Å². The van der Waals surface area contributed by atoms with E-state index in [1.54, 1.807) is 6.92 Å². The zero-order valence-electron chi connectivity index (χ0n) is 12.3. The van der Waals surface area contributed by atoms with Crippen LogP contribution in [0.1, 0.15) is 27.2 Å². The van der Waals surface area contributed by atoms with Crippen LogP contribution in [0.5, 0.6) is 0 Å². The molecule has 9 heteroatoms. The van der Waals surface area contributed by atoms with E-state index in [9.17, 15) is 13.8 Å². The Kier molecular flexibility index (Phi) is 15.0. The maximum Gasteiger partial charge on any atom is 0.420 e. The van der Waals surface area contributed by atoms with Gasteiger partial charge < -0.3 is 14.6 Å². The Balaban J connectivity index is 0. The fourth-order valence-electron chi connectivity index (χ4n) is 0.953. The van der Waals surface area contributed by atoms with Crippen LogP contribution in [0.4, 0.5) is 4.79 Å². The topological polar surface area (TPSA) is 114 Å². The number of methoxy groups -OCH3 is 1. The fraction of sp³-hybridized carbons (Fsp3) is 0.818. The molecule has 3 N–H and O–H groups in total. The Morgan fingerprint density at radius 3 is 2.45 bits per heavy atom. The van der Waals surface area contributed by atoms with Crippen molar-refractivity contribution in [2.45, 2.75) is 27.2 Å². The van der Waals surface area contributed by atoms with Gasteiger partial charge in [-0.15, -0.1) is 0 Å². The van der Waals surface area contributed by atoms with E-state index in [2.05, 4.69) is 4.72 Å². The number of ether oxygens (including phenoxy) is 2. The Morgan fingerprint density at radius 2 is 1.95 bits per heavy atom. The molecule has 8 nitrogen and oxygen atoms in total. The van der Waals surface area contributed by atoms with Gasteiger partial charge in [0, 0.05) is 19.6 Å². The van der Waals surface area contributed by atoms with E-state index in [4.69, 9.17) is 14.6 Å². The van der Waals surface area contributed by atoms with Gasteiger partial charge in [-0.05, 0) is 0 Å². The van der Waals surface area contributed by atoms with Crippen LogP contribution in [0, 0.1) is 5.92 Å². The van der Waals surface area contributed by atoms with Gasteiger partial charge in [0.2, 0.25) is 0 Å². The van der Waals surface area contributed by atoms with E-state index in [-0.39, 0.29) is 18.9 Å². The molecule has 0 aromatic heterocycles. The molecule has 0 aliphatic heterocycles. The third-order valence-electron chi connectivity index (χ3n) is 1.74. The molecule has 0 aliphatic rings. The van der Waals surface area contributed by atoms with Gasteiger partial charge in [0.15, 0.2) is 11.2 Å². The fourth-order valence-corrected chi connectivity index (χ4v) is 1.50. The number of carboxylic acid groups (broad SMARTS) is 1. The molecular weight excluding hydrogens is 288 g/mol. The molecule has 0 aromatic rings. The van der Waals surface area contributed by atoms with E-state index < -0.39 is 23.2 Å². The van der Waals surface area contributed by atoms with E-state index in [0.29, 0.717) is 13.2 Å². The summed E-state index contributed by atoms with van der Waals surface area (Å²) in [5, 5.41) is 8.49. The predicted molar refractivity (Wildman–Crippen MR) is 75.3 cm³/mol. The zero-order chi connectivity index (χ0) is 16.0. The average molecular weight is 312 g/mol. The van der Waals surface area contributed by atoms with Gasteiger partial charge in [0.25, 0.3) is 0 Å². The van der Waals surface area contributed by atoms with Gasteiger partial charge in [-0.1, -0.05) is 20.8 Å². The van der Waals surface area contributed by atoms with Crippen LogP contribution in [-0.4, -0.2) is 48.2 Å². The number of carbonyl (C=O) groups is 2. The molecule has 1 amide bonds. The summed E-state index contributed by atoms with van der Waals surface area (Å²) in [6, 6.07) is 0. The van der Waals surface area contributed by atoms with Crippen LogP contribution < -0.4 is 9.44 Å². The van der Waals surface area contributed by atoms with E-state index in [0.717, 1.165) is 0 Å². The number of carbonyl (C=O) groups excluding carboxylic acids is 1. The standard InChI is InChI=1S/C9H18N2O6S.C2H6/c1-7(5-8(12)13)6-17-9(14)11-18(15)10-3-4-16-2;1-2/h7,10H,3-6H2,1-2H3,(H,11,14)(H,12,13);1-2H3. The van der Waals surface area contributed by atoms with Gasteiger partial charge in [0.1, 0.15) is 0 Å². The molecule has 0 fully saturated rings. The van der Waals surface area contributed by atoms with E-state index >= 15 is 0 Å². The number of aliphatic carboxylic acids is 1. The Morgan fingerprint density at radius 1 is 1.35 bits per heavy atom. The van der Waals surface area contributed by atoms with Crippen molar-refractivity contribution in [3.05, 3.63) is 0 Å². The lowest BCUT2D eigenvalue weighted by molar-refractivity contribution is -0.138. The number of hydrogen-bond acceptors (Lipinski definition) is 5. The van der Waals surface area contributed by atoms with Crippen molar-refractivity contribution >= 4 is 23.2 Å². The average Bonchev–Trinajstić information content (AvgIpc) is 2.38. The normalized spacial score (nSPS) is 12.6. The van der Waals surface area contributed by atoms with Crippen molar-refractivity contribution in [2.75, 3.05) is 26.9 Å². The maximum atomic E-state index is 11.2. The SMILES string of the molecule is CC.COCCNS(=O)NC(=O)OCC(C)CC(=O)O. The van der Waals surface area contributed by atoms with Gasteiger partial charge in [-0.2, -0.15) is 0 Å². The molecule has 0 radical (unpaired) electrons. The molecule has 120 valence electrons. The molecule has 0 spiro atoms. The number of rotatable bonds is 9. The molecule has 2 atom stereocenters. The van der Waals surface area contributed by atoms with Gasteiger partial charge in [-0.25, -0.2) is 18.4 Å². The van der Waals surface area contributed by atoms with Gasteiger partial charge in [-0.3, -0.25) is 4.79 Å². The number of hydrogen-bond donors (Lipinski definition) is 3. The summed E-state index contributed by atoms with van der Waals surface area (Å²) in [4.78, 5) is 21.5. The van der Waals surface area contributed by atoms with Crippen molar-refractivity contribution in [1.82, 2.24) is 9.44 Å². The molecule has 0 heterocycles. The van der Waals surface area contributed by atoms with E-state index in [1.807, 2.05) is 18.6 Å². The lowest BCUT2D eigenvalue weighted by Gasteiger charge is -2.10. The third-order valence-corrected chi connectivity index (χ3v) is 2.56. The highest BCUT2D eigenvalue weighted by Crippen LogP contribution is 2.01. The summed E-state index contributed by atoms with van der Waals surface area (Å²) in [6.07, 6.45) is -0.960. The first-order valence-corrected chi connectivity index (χ1v) is 7.40. The number of nitrogens with one attached hydrogen (secondary N) is 2. The highest BCUT2D eigenvalue weighted by molar-refractivity contribution is 7.81. The van der Waals surface area contributed by atoms with Crippen molar-refractivity contribution < 1.29 is 28.4 Å². The lowest BCUT2D eigenvalue weighted by atomic mass is 10.1. The largest absolute Gasteiger partial charge is 0.481 e. The monoisotopic (exact) mass is 312 g/mol. The molecule has 0 bridgehead atoms. The van der Waals surface area contributed by atoms with Gasteiger partial charge >= 0.3 is 12.1 Å². The summed E-state index contributed by atoms with van der Waals surface area (Å²) in [5.41, 5.74) is 0. The van der Waals surface area contributed by atoms with Crippen LogP contribution in [0.25, 0.3) is 0 Å². The van der Waals surface area contributed by atoms with E-state index in [1.165, 1.54) is 7.11 Å². The van der Waals surface area contributed by atoms with Crippen molar-refractivity contribution in [3.63, 3.8) is 0 Å². The summed E-state index contributed by atoms with van der Waals surface area (Å²) in [7, 11) is 1.50. The smallest absolute Gasteiger partial charge is 0.420 e. The zero-order valence-corrected chi connectivity index (χ0v) is 13.1. The Labute approximate surface area is 121 Å². The molecular formula is C11H24N2O6S. The van der Waals surface area contributed by atoms with Crippen LogP contribution in [0.3, 0.4) is 0 Å². The molecule has 0 saturated heterocycles. The Hall–Kier alpha value is -1.19. The summed E-state index contributed by atoms with van der Waals surface area (Å²) < 4.78 is 25.1. The minimum absolute atomic E-state index is 0.0482. The highest BCUT2D eigenvalue weighted by Gasteiger charge is 2.12. The van der Waals surface area contributed by atoms with Crippen LogP contribution in [-0.2, 0) is 25.4 Å². The van der Waals surface area contributed by atoms with Crippen LogP contribution in [0.15, 0.2) is 0 Å². The first-order valence-electron chi connectivity index (χ1n) is 6.25. The third kappa shape index (κ3) is 14.9. The quantitative estimate of drug-likeness (QED) is 0.539. The number of amides is 1. The Bertz CT molecular complexity index is 301. The summed E-state index contributed by atoms with van der Waals surface area (Å²) >= 11 is -1.75. The minimum Gasteiger partial charge on any atom is -0.481 e. The molecule has 0 aliphatic carbocycles. The second-order valence-corrected chi connectivity index (χ2v) is 4.59. The van der Waals surface area contributed by atoms with Gasteiger partial charge in [0.05, 0.1) is 19.6 Å². The van der Waals surface area contributed by atoms with Crippen molar-refractivity contribution in [1.29, 1.82) is 0 Å². The molecule has 0 aromatic carbocycles. The molecule has 2 unspecified atom stereocenters. The van der Waals surface area contributed by atoms with Crippen LogP contribution >= 0.6 is 0 Å².